The first-order chi connectivity index (χ1) is 11.6. The summed E-state index contributed by atoms with van der Waals surface area (Å²) in [6.45, 7) is 6.17. The number of benzene rings is 1. The van der Waals surface area contributed by atoms with E-state index in [0.29, 0.717) is 12.0 Å². The molecular weight excluding hydrogens is 296 g/mol. The summed E-state index contributed by atoms with van der Waals surface area (Å²) in [5, 5.41) is 3.35. The van der Waals surface area contributed by atoms with Crippen LogP contribution in [-0.4, -0.2) is 29.4 Å². The maximum absolute atomic E-state index is 12.8. The first-order valence-electron chi connectivity index (χ1n) is 9.73. The Bertz CT molecular complexity index is 614. The van der Waals surface area contributed by atoms with Crippen molar-refractivity contribution in [1.29, 1.82) is 0 Å². The Balaban J connectivity index is 1.35. The van der Waals surface area contributed by atoms with E-state index in [2.05, 4.69) is 48.3 Å². The molecule has 2 saturated carbocycles. The standard InChI is InChI=1S/C21H30N2O/c1-14(20-12-16-7-8-18(20)11-16)22-21(24)15(2)23-10-9-17-5-3-4-6-19(17)13-23/h3-6,14-16,18,20H,7-13H2,1-2H3,(H,22,24)/t14-,15-,16-,18-,20+/m0/s1. The Morgan fingerprint density at radius 3 is 2.67 bits per heavy atom. The second-order valence-electron chi connectivity index (χ2n) is 8.30. The fourth-order valence-electron chi connectivity index (χ4n) is 5.37. The Morgan fingerprint density at radius 2 is 1.96 bits per heavy atom. The van der Waals surface area contributed by atoms with Crippen LogP contribution in [0.1, 0.15) is 50.7 Å². The average Bonchev–Trinajstić information content (AvgIpc) is 3.24. The largest absolute Gasteiger partial charge is 0.352 e. The highest BCUT2D eigenvalue weighted by Gasteiger charge is 2.42. The summed E-state index contributed by atoms with van der Waals surface area (Å²) in [5.74, 6) is 2.73. The maximum Gasteiger partial charge on any atom is 0.237 e. The van der Waals surface area contributed by atoms with Crippen molar-refractivity contribution in [3.8, 4) is 0 Å². The van der Waals surface area contributed by atoms with Crippen LogP contribution in [0.3, 0.4) is 0 Å². The van der Waals surface area contributed by atoms with E-state index in [-0.39, 0.29) is 11.9 Å². The third-order valence-electron chi connectivity index (χ3n) is 6.89. The topological polar surface area (TPSA) is 32.3 Å². The Kier molecular flexibility index (Phi) is 4.38. The molecule has 1 heterocycles. The molecule has 0 radical (unpaired) electrons. The molecule has 0 unspecified atom stereocenters. The molecule has 0 spiro atoms. The fourth-order valence-corrected chi connectivity index (χ4v) is 5.37. The van der Waals surface area contributed by atoms with E-state index in [1.807, 2.05) is 0 Å². The van der Waals surface area contributed by atoms with Crippen molar-refractivity contribution in [1.82, 2.24) is 10.2 Å². The van der Waals surface area contributed by atoms with Gasteiger partial charge in [0, 0.05) is 19.1 Å². The van der Waals surface area contributed by atoms with Gasteiger partial charge >= 0.3 is 0 Å². The average molecular weight is 326 g/mol. The Labute approximate surface area is 145 Å². The highest BCUT2D eigenvalue weighted by molar-refractivity contribution is 5.81. The number of carbonyl (C=O) groups is 1. The third kappa shape index (κ3) is 2.99. The summed E-state index contributed by atoms with van der Waals surface area (Å²) in [4.78, 5) is 15.1. The summed E-state index contributed by atoms with van der Waals surface area (Å²) in [7, 11) is 0. The Hall–Kier alpha value is -1.35. The predicted octanol–water partition coefficient (Wildman–Crippen LogP) is 3.37. The molecular formula is C21H30N2O. The molecule has 1 aromatic rings. The van der Waals surface area contributed by atoms with Crippen molar-refractivity contribution in [2.24, 2.45) is 17.8 Å². The first-order valence-corrected chi connectivity index (χ1v) is 9.73. The van der Waals surface area contributed by atoms with Gasteiger partial charge in [0.25, 0.3) is 0 Å². The molecule has 3 heteroatoms. The molecule has 1 aromatic carbocycles. The van der Waals surface area contributed by atoms with Gasteiger partial charge in [-0.1, -0.05) is 30.7 Å². The van der Waals surface area contributed by atoms with Crippen LogP contribution in [0.25, 0.3) is 0 Å². The van der Waals surface area contributed by atoms with Crippen molar-refractivity contribution >= 4 is 5.91 Å². The molecule has 1 amide bonds. The monoisotopic (exact) mass is 326 g/mol. The van der Waals surface area contributed by atoms with Crippen molar-refractivity contribution < 1.29 is 4.79 Å². The van der Waals surface area contributed by atoms with Crippen molar-refractivity contribution in [2.45, 2.75) is 64.6 Å². The fraction of sp³-hybridized carbons (Fsp3) is 0.667. The van der Waals surface area contributed by atoms with E-state index in [1.165, 1.54) is 36.8 Å². The second kappa shape index (κ2) is 6.51. The molecule has 3 aliphatic rings. The zero-order valence-corrected chi connectivity index (χ0v) is 15.0. The molecule has 24 heavy (non-hydrogen) atoms. The normalized spacial score (nSPS) is 31.5. The number of rotatable bonds is 4. The summed E-state index contributed by atoms with van der Waals surface area (Å²) < 4.78 is 0. The lowest BCUT2D eigenvalue weighted by atomic mass is 9.84. The van der Waals surface area contributed by atoms with Crippen LogP contribution in [0.2, 0.25) is 0 Å². The number of hydrogen-bond acceptors (Lipinski definition) is 2. The maximum atomic E-state index is 12.8. The van der Waals surface area contributed by atoms with Crippen LogP contribution in [0.4, 0.5) is 0 Å². The number of amides is 1. The van der Waals surface area contributed by atoms with Crippen molar-refractivity contribution in [2.75, 3.05) is 6.54 Å². The minimum absolute atomic E-state index is 0.0422. The molecule has 3 nitrogen and oxygen atoms in total. The third-order valence-corrected chi connectivity index (χ3v) is 6.89. The van der Waals surface area contributed by atoms with Gasteiger partial charge in [-0.25, -0.2) is 0 Å². The van der Waals surface area contributed by atoms with Crippen LogP contribution in [0.5, 0.6) is 0 Å². The SMILES string of the molecule is C[C@H](NC(=O)[C@H](C)N1CCc2ccccc2C1)[C@H]1C[C@H]2CC[C@H]1C2. The lowest BCUT2D eigenvalue weighted by Gasteiger charge is -2.35. The van der Waals surface area contributed by atoms with Gasteiger partial charge in [0.15, 0.2) is 0 Å². The van der Waals surface area contributed by atoms with Gasteiger partial charge in [-0.3, -0.25) is 9.69 Å². The van der Waals surface area contributed by atoms with Gasteiger partial charge in [0.05, 0.1) is 6.04 Å². The molecule has 1 aliphatic heterocycles. The van der Waals surface area contributed by atoms with Gasteiger partial charge in [0.2, 0.25) is 5.91 Å². The van der Waals surface area contributed by atoms with Gasteiger partial charge in [-0.05, 0) is 68.4 Å². The molecule has 2 aliphatic carbocycles. The lowest BCUT2D eigenvalue weighted by molar-refractivity contribution is -0.127. The summed E-state index contributed by atoms with van der Waals surface area (Å²) in [5.41, 5.74) is 2.82. The van der Waals surface area contributed by atoms with Crippen LogP contribution in [0, 0.1) is 17.8 Å². The second-order valence-corrected chi connectivity index (χ2v) is 8.30. The van der Waals surface area contributed by atoms with E-state index in [1.54, 1.807) is 0 Å². The molecule has 2 fully saturated rings. The number of fused-ring (bicyclic) bond motifs is 3. The van der Waals surface area contributed by atoms with Gasteiger partial charge in [0.1, 0.15) is 0 Å². The molecule has 5 atom stereocenters. The molecule has 130 valence electrons. The van der Waals surface area contributed by atoms with Crippen LogP contribution in [0.15, 0.2) is 24.3 Å². The zero-order chi connectivity index (χ0) is 16.7. The number of nitrogens with zero attached hydrogens (tertiary/aromatic N) is 1. The molecule has 1 N–H and O–H groups in total. The predicted molar refractivity (Wildman–Crippen MR) is 96.6 cm³/mol. The van der Waals surface area contributed by atoms with E-state index in [9.17, 15) is 4.79 Å². The van der Waals surface area contributed by atoms with Crippen LogP contribution in [-0.2, 0) is 17.8 Å². The highest BCUT2D eigenvalue weighted by atomic mass is 16.2. The lowest BCUT2D eigenvalue weighted by Crippen LogP contribution is -2.50. The summed E-state index contributed by atoms with van der Waals surface area (Å²) >= 11 is 0. The van der Waals surface area contributed by atoms with Crippen LogP contribution < -0.4 is 5.32 Å². The smallest absolute Gasteiger partial charge is 0.237 e. The molecule has 0 aromatic heterocycles. The molecule has 2 bridgehead atoms. The van der Waals surface area contributed by atoms with E-state index in [4.69, 9.17) is 0 Å². The van der Waals surface area contributed by atoms with E-state index < -0.39 is 0 Å². The quantitative estimate of drug-likeness (QED) is 0.920. The minimum Gasteiger partial charge on any atom is -0.352 e. The van der Waals surface area contributed by atoms with E-state index in [0.717, 1.165) is 31.3 Å². The molecule has 4 rings (SSSR count). The van der Waals surface area contributed by atoms with Gasteiger partial charge < -0.3 is 5.32 Å². The summed E-state index contributed by atoms with van der Waals surface area (Å²) in [6, 6.07) is 8.91. The number of hydrogen-bond donors (Lipinski definition) is 1. The zero-order valence-electron chi connectivity index (χ0n) is 15.0. The summed E-state index contributed by atoms with van der Waals surface area (Å²) in [6.07, 6.45) is 6.59. The highest BCUT2D eigenvalue weighted by Crippen LogP contribution is 2.49. The van der Waals surface area contributed by atoms with Gasteiger partial charge in [-0.15, -0.1) is 0 Å². The molecule has 0 saturated heterocycles. The number of carbonyl (C=O) groups excluding carboxylic acids is 1. The van der Waals surface area contributed by atoms with E-state index >= 15 is 0 Å². The van der Waals surface area contributed by atoms with Crippen molar-refractivity contribution in [3.63, 3.8) is 0 Å². The Morgan fingerprint density at radius 1 is 1.17 bits per heavy atom. The van der Waals surface area contributed by atoms with Gasteiger partial charge in [-0.2, -0.15) is 0 Å². The van der Waals surface area contributed by atoms with Crippen LogP contribution >= 0.6 is 0 Å². The first kappa shape index (κ1) is 16.1. The minimum atomic E-state index is -0.0422. The number of nitrogens with one attached hydrogen (secondary N) is 1. The van der Waals surface area contributed by atoms with Crippen molar-refractivity contribution in [3.05, 3.63) is 35.4 Å².